The van der Waals surface area contributed by atoms with Gasteiger partial charge in [0.2, 0.25) is 0 Å². The van der Waals surface area contributed by atoms with Crippen LogP contribution in [-0.2, 0) is 0 Å². The summed E-state index contributed by atoms with van der Waals surface area (Å²) in [7, 11) is 0. The third kappa shape index (κ3) is 7.10. The van der Waals surface area contributed by atoms with Crippen LogP contribution in [-0.4, -0.2) is 0 Å². The fraction of sp³-hybridized carbons (Fsp3) is 0.379. The van der Waals surface area contributed by atoms with Crippen molar-refractivity contribution in [2.75, 3.05) is 0 Å². The molecule has 0 amide bonds. The number of benzene rings is 2. The normalized spacial score (nSPS) is 12.9. The van der Waals surface area contributed by atoms with Crippen molar-refractivity contribution in [2.24, 2.45) is 5.92 Å². The maximum atomic E-state index is 4.00. The van der Waals surface area contributed by atoms with Gasteiger partial charge in [-0.25, -0.2) is 0 Å². The van der Waals surface area contributed by atoms with Gasteiger partial charge in [0.15, 0.2) is 0 Å². The molecule has 0 N–H and O–H groups in total. The zero-order valence-electron chi connectivity index (χ0n) is 20.1. The standard InChI is InChI=1S/C23H26.2C2H6.C2H2/c1-15(2)12-21-18(5)22(14-19-9-6-16(3)7-10-19)20-11-8-17(4)13-23(20)21;3*1-2/h6-11,13-15H,12H2,1-5H3;2*1-2H3;1-2H/b22-14+;;;. The highest BCUT2D eigenvalue weighted by Gasteiger charge is 2.23. The van der Waals surface area contributed by atoms with Crippen molar-refractivity contribution in [3.05, 3.63) is 75.9 Å². The number of terminal acetylenes is 1. The first-order valence-corrected chi connectivity index (χ1v) is 10.9. The van der Waals surface area contributed by atoms with E-state index in [1.165, 1.54) is 44.5 Å². The van der Waals surface area contributed by atoms with Gasteiger partial charge in [-0.3, -0.25) is 0 Å². The van der Waals surface area contributed by atoms with Crippen molar-refractivity contribution in [1.82, 2.24) is 0 Å². The fourth-order valence-electron chi connectivity index (χ4n) is 3.40. The van der Waals surface area contributed by atoms with Crippen molar-refractivity contribution < 1.29 is 0 Å². The Morgan fingerprint density at radius 3 is 1.79 bits per heavy atom. The van der Waals surface area contributed by atoms with Crippen molar-refractivity contribution in [3.8, 4) is 12.8 Å². The molecule has 0 nitrogen and oxygen atoms in total. The van der Waals surface area contributed by atoms with Gasteiger partial charge in [0.1, 0.15) is 0 Å². The van der Waals surface area contributed by atoms with E-state index in [4.69, 9.17) is 0 Å². The molecule has 1 aliphatic rings. The minimum atomic E-state index is 0.673. The van der Waals surface area contributed by atoms with Crippen LogP contribution in [0, 0.1) is 32.6 Å². The molecule has 2 aromatic rings. The van der Waals surface area contributed by atoms with Crippen LogP contribution in [0.15, 0.2) is 48.0 Å². The van der Waals surface area contributed by atoms with E-state index in [1.807, 2.05) is 27.7 Å². The average molecular weight is 389 g/mol. The van der Waals surface area contributed by atoms with Crippen molar-refractivity contribution in [1.29, 1.82) is 0 Å². The first-order valence-electron chi connectivity index (χ1n) is 10.9. The summed E-state index contributed by atoms with van der Waals surface area (Å²) >= 11 is 0. The van der Waals surface area contributed by atoms with Crippen molar-refractivity contribution >= 4 is 17.2 Å². The third-order valence-electron chi connectivity index (χ3n) is 4.65. The molecule has 0 fully saturated rings. The zero-order valence-corrected chi connectivity index (χ0v) is 20.1. The van der Waals surface area contributed by atoms with Gasteiger partial charge in [-0.2, -0.15) is 0 Å². The Kier molecular flexibility index (Phi) is 12.4. The molecule has 0 saturated carbocycles. The molecule has 0 bridgehead atoms. The lowest BCUT2D eigenvalue weighted by atomic mass is 9.95. The van der Waals surface area contributed by atoms with Crippen molar-refractivity contribution in [3.63, 3.8) is 0 Å². The molecule has 3 rings (SSSR count). The van der Waals surface area contributed by atoms with Crippen LogP contribution in [0.4, 0.5) is 0 Å². The van der Waals surface area contributed by atoms with E-state index in [9.17, 15) is 0 Å². The molecule has 0 aliphatic heterocycles. The quantitative estimate of drug-likeness (QED) is 0.460. The van der Waals surface area contributed by atoms with Gasteiger partial charge in [0.25, 0.3) is 0 Å². The van der Waals surface area contributed by atoms with Gasteiger partial charge in [-0.15, -0.1) is 12.8 Å². The molecule has 0 aromatic heterocycles. The molecule has 0 heteroatoms. The molecule has 156 valence electrons. The Morgan fingerprint density at radius 1 is 0.759 bits per heavy atom. The van der Waals surface area contributed by atoms with E-state index in [2.05, 4.69) is 96.0 Å². The van der Waals surface area contributed by atoms with Gasteiger partial charge in [-0.1, -0.05) is 95.1 Å². The molecule has 0 unspecified atom stereocenters. The second-order valence-electron chi connectivity index (χ2n) is 7.22. The van der Waals surface area contributed by atoms with Crippen LogP contribution in [0.5, 0.6) is 0 Å². The Bertz CT molecular complexity index is 824. The SMILES string of the molecule is C#C.CC.CC.CC1=C(CC(C)C)c2cc(C)ccc2/C1=C/c1ccc(C)cc1. The van der Waals surface area contributed by atoms with Crippen LogP contribution >= 0.6 is 0 Å². The number of rotatable bonds is 3. The average Bonchev–Trinajstić information content (AvgIpc) is 2.99. The zero-order chi connectivity index (χ0) is 22.6. The van der Waals surface area contributed by atoms with Crippen LogP contribution < -0.4 is 0 Å². The molecule has 1 aliphatic carbocycles. The summed E-state index contributed by atoms with van der Waals surface area (Å²) in [4.78, 5) is 0. The van der Waals surface area contributed by atoms with Crippen molar-refractivity contribution in [2.45, 2.75) is 68.7 Å². The number of aryl methyl sites for hydroxylation is 2. The summed E-state index contributed by atoms with van der Waals surface area (Å²) in [6.07, 6.45) is 11.5. The number of hydrogen-bond donors (Lipinski definition) is 0. The Labute approximate surface area is 180 Å². The highest BCUT2D eigenvalue weighted by molar-refractivity contribution is 6.05. The lowest BCUT2D eigenvalue weighted by Crippen LogP contribution is -1.92. The number of hydrogen-bond acceptors (Lipinski definition) is 0. The van der Waals surface area contributed by atoms with Gasteiger partial charge in [-0.05, 0) is 72.6 Å². The summed E-state index contributed by atoms with van der Waals surface area (Å²) in [5.74, 6) is 0.673. The molecule has 0 radical (unpaired) electrons. The Morgan fingerprint density at radius 2 is 1.28 bits per heavy atom. The summed E-state index contributed by atoms with van der Waals surface area (Å²) in [6.45, 7) is 19.2. The second kappa shape index (κ2) is 13.6. The summed E-state index contributed by atoms with van der Waals surface area (Å²) < 4.78 is 0. The first-order chi connectivity index (χ1) is 14.0. The maximum Gasteiger partial charge on any atom is -0.0105 e. The molecule has 2 aromatic carbocycles. The summed E-state index contributed by atoms with van der Waals surface area (Å²) in [5.41, 5.74) is 11.1. The van der Waals surface area contributed by atoms with Crippen LogP contribution in [0.1, 0.15) is 82.7 Å². The summed E-state index contributed by atoms with van der Waals surface area (Å²) in [5, 5.41) is 0. The molecule has 0 heterocycles. The highest BCUT2D eigenvalue weighted by Crippen LogP contribution is 2.44. The number of allylic oxidation sites excluding steroid dienone is 3. The predicted octanol–water partition coefficient (Wildman–Crippen LogP) is 8.98. The lowest BCUT2D eigenvalue weighted by Gasteiger charge is -2.09. The topological polar surface area (TPSA) is 0 Å². The van der Waals surface area contributed by atoms with E-state index < -0.39 is 0 Å². The van der Waals surface area contributed by atoms with Gasteiger partial charge < -0.3 is 0 Å². The molecule has 0 atom stereocenters. The van der Waals surface area contributed by atoms with Crippen LogP contribution in [0.2, 0.25) is 0 Å². The lowest BCUT2D eigenvalue weighted by molar-refractivity contribution is 0.673. The smallest absolute Gasteiger partial charge is 0.0105 e. The largest absolute Gasteiger partial charge is 0.124 e. The minimum Gasteiger partial charge on any atom is -0.124 e. The predicted molar refractivity (Wildman–Crippen MR) is 135 cm³/mol. The second-order valence-corrected chi connectivity index (χ2v) is 7.22. The van der Waals surface area contributed by atoms with Gasteiger partial charge >= 0.3 is 0 Å². The molecular formula is C29H40. The molecule has 0 spiro atoms. The maximum absolute atomic E-state index is 4.00. The van der Waals surface area contributed by atoms with E-state index in [1.54, 1.807) is 0 Å². The minimum absolute atomic E-state index is 0.673. The summed E-state index contributed by atoms with van der Waals surface area (Å²) in [6, 6.07) is 15.7. The van der Waals surface area contributed by atoms with Gasteiger partial charge in [0, 0.05) is 0 Å². The fourth-order valence-corrected chi connectivity index (χ4v) is 3.40. The van der Waals surface area contributed by atoms with Crippen LogP contribution in [0.3, 0.4) is 0 Å². The monoisotopic (exact) mass is 388 g/mol. The third-order valence-corrected chi connectivity index (χ3v) is 4.65. The molecule has 0 saturated heterocycles. The Balaban J connectivity index is 0.00000120. The van der Waals surface area contributed by atoms with Gasteiger partial charge in [0.05, 0.1) is 0 Å². The van der Waals surface area contributed by atoms with Crippen LogP contribution in [0.25, 0.3) is 17.2 Å². The molecular weight excluding hydrogens is 348 g/mol. The number of fused-ring (bicyclic) bond motifs is 1. The van der Waals surface area contributed by atoms with E-state index >= 15 is 0 Å². The molecule has 29 heavy (non-hydrogen) atoms. The van der Waals surface area contributed by atoms with E-state index in [0.717, 1.165) is 6.42 Å². The highest BCUT2D eigenvalue weighted by atomic mass is 14.3. The van der Waals surface area contributed by atoms with E-state index in [0.29, 0.717) is 5.92 Å². The first kappa shape index (κ1) is 26.5. The Hall–Kier alpha value is -2.52. The van der Waals surface area contributed by atoms with E-state index in [-0.39, 0.29) is 0 Å².